The highest BCUT2D eigenvalue weighted by Gasteiger charge is 2.44. The summed E-state index contributed by atoms with van der Waals surface area (Å²) in [6.45, 7) is 11.4. The van der Waals surface area contributed by atoms with E-state index in [1.807, 2.05) is 18.2 Å². The van der Waals surface area contributed by atoms with Crippen LogP contribution in [0, 0.1) is 5.41 Å². The van der Waals surface area contributed by atoms with Gasteiger partial charge in [0.1, 0.15) is 11.9 Å². The number of aliphatic hydroxyl groups excluding tert-OH is 1. The van der Waals surface area contributed by atoms with Gasteiger partial charge < -0.3 is 14.7 Å². The maximum Gasteiger partial charge on any atom is 0.388 e. The number of hydrogen-bond acceptors (Lipinski definition) is 4. The van der Waals surface area contributed by atoms with E-state index >= 15 is 0 Å². The molecule has 2 heterocycles. The predicted molar refractivity (Wildman–Crippen MR) is 117 cm³/mol. The lowest BCUT2D eigenvalue weighted by Gasteiger charge is -2.31. The number of nitrogens with zero attached hydrogens (tertiary/aromatic N) is 2. The normalized spacial score (nSPS) is 27.6. The Bertz CT molecular complexity index is 906. The van der Waals surface area contributed by atoms with Gasteiger partial charge in [-0.3, -0.25) is 9.69 Å². The van der Waals surface area contributed by atoms with Crippen molar-refractivity contribution >= 4 is 17.7 Å². The van der Waals surface area contributed by atoms with Crippen molar-refractivity contribution in [2.24, 2.45) is 5.41 Å². The zero-order valence-electron chi connectivity index (χ0n) is 19.0. The third-order valence-corrected chi connectivity index (χ3v) is 7.03. The quantitative estimate of drug-likeness (QED) is 0.720. The topological polar surface area (TPSA) is 84.1 Å². The first-order valence-electron chi connectivity index (χ1n) is 11.4. The number of amides is 2. The summed E-state index contributed by atoms with van der Waals surface area (Å²) in [7, 11) is 0. The predicted octanol–water partition coefficient (Wildman–Crippen LogP) is 1.65. The van der Waals surface area contributed by atoms with E-state index in [0.717, 1.165) is 37.2 Å². The molecule has 1 aliphatic carbocycles. The maximum atomic E-state index is 12.9. The van der Waals surface area contributed by atoms with Crippen LogP contribution in [-0.2, 0) is 11.3 Å². The largest absolute Gasteiger partial charge is 0.489 e. The molecule has 0 radical (unpaired) electrons. The van der Waals surface area contributed by atoms with Crippen LogP contribution in [0.4, 0.5) is 0 Å². The Morgan fingerprint density at radius 1 is 1.23 bits per heavy atom. The number of rotatable bonds is 6. The molecule has 0 saturated heterocycles. The molecule has 2 amide bonds. The fourth-order valence-corrected chi connectivity index (χ4v) is 5.45. The van der Waals surface area contributed by atoms with Crippen molar-refractivity contribution in [3.8, 4) is 5.75 Å². The molecular weight excluding hydrogens is 394 g/mol. The van der Waals surface area contributed by atoms with E-state index in [2.05, 4.69) is 37.6 Å². The molecule has 3 aliphatic rings. The van der Waals surface area contributed by atoms with Gasteiger partial charge in [-0.1, -0.05) is 27.7 Å². The minimum atomic E-state index is -0.482. The lowest BCUT2D eigenvalue weighted by atomic mass is 9.91. The first-order chi connectivity index (χ1) is 14.7. The van der Waals surface area contributed by atoms with Crippen LogP contribution < -0.4 is 9.73 Å². The lowest BCUT2D eigenvalue weighted by molar-refractivity contribution is -0.394. The van der Waals surface area contributed by atoms with Crippen molar-refractivity contribution in [3.05, 3.63) is 29.3 Å². The smallest absolute Gasteiger partial charge is 0.388 e. The number of ether oxygens (including phenoxy) is 1. The highest BCUT2D eigenvalue weighted by molar-refractivity contribution is 6.01. The van der Waals surface area contributed by atoms with Crippen molar-refractivity contribution in [3.63, 3.8) is 0 Å². The molecule has 168 valence electrons. The Kier molecular flexibility index (Phi) is 5.81. The Morgan fingerprint density at radius 3 is 2.65 bits per heavy atom. The van der Waals surface area contributed by atoms with Gasteiger partial charge in [0.2, 0.25) is 0 Å². The summed E-state index contributed by atoms with van der Waals surface area (Å²) in [5, 5.41) is 10.2. The molecule has 2 N–H and O–H groups in total. The van der Waals surface area contributed by atoms with Gasteiger partial charge in [-0.2, -0.15) is 0 Å². The molecule has 0 bridgehead atoms. The molecule has 0 aromatic heterocycles. The number of aliphatic hydroxyl groups is 1. The second-order valence-corrected chi connectivity index (χ2v) is 9.76. The molecule has 1 aromatic carbocycles. The summed E-state index contributed by atoms with van der Waals surface area (Å²) < 4.78 is 6.50. The Morgan fingerprint density at radius 2 is 1.97 bits per heavy atom. The van der Waals surface area contributed by atoms with E-state index in [4.69, 9.17) is 4.74 Å². The standard InChI is InChI=1S/C24H33N3O4/c1-5-26(6-2)19-12-24(3,4)13-20(19)31-16-7-8-17-15(11-16)14-27(23(17)30)18-9-10-21(28)25-22(18)29/h7-8,11,18-20H,5-6,9-10,12-14H2,1-4H3,(H,25,28,29)/p+1. The van der Waals surface area contributed by atoms with Crippen LogP contribution in [0.25, 0.3) is 0 Å². The molecule has 31 heavy (non-hydrogen) atoms. The average Bonchev–Trinajstić information content (AvgIpc) is 3.19. The Labute approximate surface area is 184 Å². The summed E-state index contributed by atoms with van der Waals surface area (Å²) >= 11 is 0. The van der Waals surface area contributed by atoms with Crippen LogP contribution >= 0.6 is 0 Å². The highest BCUT2D eigenvalue weighted by atomic mass is 16.5. The Hall–Kier alpha value is -2.41. The van der Waals surface area contributed by atoms with Crippen molar-refractivity contribution < 1.29 is 24.4 Å². The van der Waals surface area contributed by atoms with Crippen LogP contribution in [0.3, 0.4) is 0 Å². The zero-order chi connectivity index (χ0) is 22.3. The van der Waals surface area contributed by atoms with Crippen LogP contribution in [0.5, 0.6) is 5.75 Å². The number of carbonyl (C=O) groups excluding carboxylic acids is 2. The second kappa shape index (κ2) is 8.26. The second-order valence-electron chi connectivity index (χ2n) is 9.76. The molecular formula is C24H34N3O4+. The first kappa shape index (κ1) is 21.8. The van der Waals surface area contributed by atoms with Gasteiger partial charge in [0.25, 0.3) is 5.91 Å². The summed E-state index contributed by atoms with van der Waals surface area (Å²) in [4.78, 5) is 31.0. The van der Waals surface area contributed by atoms with Gasteiger partial charge >= 0.3 is 11.8 Å². The van der Waals surface area contributed by atoms with E-state index in [0.29, 0.717) is 31.0 Å². The highest BCUT2D eigenvalue weighted by Crippen LogP contribution is 2.42. The van der Waals surface area contributed by atoms with Crippen LogP contribution in [-0.4, -0.2) is 63.9 Å². The minimum absolute atomic E-state index is 0.114. The van der Waals surface area contributed by atoms with Crippen LogP contribution in [0.15, 0.2) is 18.2 Å². The van der Waals surface area contributed by atoms with Crippen LogP contribution in [0.2, 0.25) is 0 Å². The van der Waals surface area contributed by atoms with Crippen LogP contribution in [0.1, 0.15) is 69.3 Å². The summed E-state index contributed by atoms with van der Waals surface area (Å²) in [5.74, 6) is 0.329. The van der Waals surface area contributed by atoms with E-state index < -0.39 is 6.04 Å². The van der Waals surface area contributed by atoms with Crippen molar-refractivity contribution in [1.82, 2.24) is 9.80 Å². The first-order valence-corrected chi connectivity index (χ1v) is 11.4. The molecule has 1 fully saturated rings. The van der Waals surface area contributed by atoms with Gasteiger partial charge in [-0.05, 0) is 61.5 Å². The van der Waals surface area contributed by atoms with E-state index in [-0.39, 0.29) is 29.2 Å². The molecule has 7 heteroatoms. The van der Waals surface area contributed by atoms with Gasteiger partial charge in [-0.15, -0.1) is 4.99 Å². The molecule has 2 aliphatic heterocycles. The number of carbonyl (C=O) groups is 2. The SMILES string of the molecule is CCN(CC)C1CC(C)(C)CC1Oc1ccc2c(c1)CN(C1CCC(=O)[NH+]=C1O)C2=O. The number of benzene rings is 1. The Balaban J connectivity index is 1.52. The molecule has 1 aromatic rings. The lowest BCUT2D eigenvalue weighted by Crippen LogP contribution is -2.82. The van der Waals surface area contributed by atoms with Gasteiger partial charge in [-0.25, -0.2) is 4.79 Å². The monoisotopic (exact) mass is 428 g/mol. The molecule has 3 atom stereocenters. The summed E-state index contributed by atoms with van der Waals surface area (Å²) in [5.41, 5.74) is 1.79. The van der Waals surface area contributed by atoms with Crippen molar-refractivity contribution in [1.29, 1.82) is 0 Å². The number of hydrogen-bond donors (Lipinski definition) is 2. The molecule has 7 nitrogen and oxygen atoms in total. The third kappa shape index (κ3) is 4.20. The van der Waals surface area contributed by atoms with Gasteiger partial charge in [0.05, 0.1) is 6.42 Å². The average molecular weight is 429 g/mol. The third-order valence-electron chi connectivity index (χ3n) is 7.03. The molecule has 4 rings (SSSR count). The van der Waals surface area contributed by atoms with Gasteiger partial charge in [0, 0.05) is 18.2 Å². The van der Waals surface area contributed by atoms with E-state index in [9.17, 15) is 14.7 Å². The summed E-state index contributed by atoms with van der Waals surface area (Å²) in [6, 6.07) is 5.59. The maximum absolute atomic E-state index is 12.9. The van der Waals surface area contributed by atoms with Crippen molar-refractivity contribution in [2.45, 2.75) is 78.1 Å². The fourth-order valence-electron chi connectivity index (χ4n) is 5.45. The molecule has 0 spiro atoms. The number of fused-ring (bicyclic) bond motifs is 1. The van der Waals surface area contributed by atoms with Crippen molar-refractivity contribution in [2.75, 3.05) is 13.1 Å². The zero-order valence-corrected chi connectivity index (χ0v) is 19.0. The molecule has 1 saturated carbocycles. The minimum Gasteiger partial charge on any atom is -0.489 e. The summed E-state index contributed by atoms with van der Waals surface area (Å²) in [6.07, 6.45) is 2.96. The van der Waals surface area contributed by atoms with E-state index in [1.165, 1.54) is 0 Å². The number of likely N-dealkylation sites (N-methyl/N-ethyl adjacent to an activating group) is 1. The number of nitrogens with one attached hydrogen (secondary N) is 1. The fraction of sp³-hybridized carbons (Fsp3) is 0.625. The van der Waals surface area contributed by atoms with E-state index in [1.54, 1.807) is 4.90 Å². The van der Waals surface area contributed by atoms with Gasteiger partial charge in [0.15, 0.2) is 6.04 Å². The molecule has 3 unspecified atom stereocenters.